The summed E-state index contributed by atoms with van der Waals surface area (Å²) in [4.78, 5) is 34.2. The van der Waals surface area contributed by atoms with Crippen LogP contribution in [0.2, 0.25) is 0 Å². The van der Waals surface area contributed by atoms with Crippen LogP contribution in [0, 0.1) is 0 Å². The van der Waals surface area contributed by atoms with E-state index >= 15 is 0 Å². The summed E-state index contributed by atoms with van der Waals surface area (Å²) in [5, 5.41) is 0. The van der Waals surface area contributed by atoms with E-state index < -0.39 is 52.5 Å². The van der Waals surface area contributed by atoms with Gasteiger partial charge < -0.3 is 18.9 Å². The minimum Gasteiger partial charge on any atom is -0.463 e. The normalized spacial score (nSPS) is 24.4. The number of nitrogens with one attached hydrogen (secondary N) is 1. The topological polar surface area (TPSA) is 134 Å². The molecule has 0 radical (unpaired) electrons. The lowest BCUT2D eigenvalue weighted by molar-refractivity contribution is -0.216. The van der Waals surface area contributed by atoms with Crippen molar-refractivity contribution in [3.8, 4) is 0 Å². The van der Waals surface area contributed by atoms with Gasteiger partial charge in [-0.3, -0.25) is 14.4 Å². The number of esters is 3. The third-order valence-corrected chi connectivity index (χ3v) is 5.39. The monoisotopic (exact) mass is 429 g/mol. The molecule has 29 heavy (non-hydrogen) atoms. The Balaban J connectivity index is 2.26. The smallest absolute Gasteiger partial charge is 0.303 e. The van der Waals surface area contributed by atoms with Crippen LogP contribution in [0.25, 0.3) is 0 Å². The summed E-state index contributed by atoms with van der Waals surface area (Å²) in [5.41, 5.74) is 0. The quantitative estimate of drug-likeness (QED) is 0.486. The van der Waals surface area contributed by atoms with Crippen LogP contribution in [0.4, 0.5) is 0 Å². The van der Waals surface area contributed by atoms with E-state index in [9.17, 15) is 22.8 Å². The van der Waals surface area contributed by atoms with Crippen LogP contribution in [0.1, 0.15) is 27.2 Å². The number of carbonyl (C=O) groups is 3. The number of hydrogen-bond acceptors (Lipinski definition) is 9. The fourth-order valence-corrected chi connectivity index (χ4v) is 4.00. The second-order valence-corrected chi connectivity index (χ2v) is 8.07. The minimum absolute atomic E-state index is 0.0197. The molecule has 1 saturated heterocycles. The lowest BCUT2D eigenvalue weighted by Gasteiger charge is -2.40. The third-order valence-electron chi connectivity index (χ3n) is 3.93. The van der Waals surface area contributed by atoms with Crippen molar-refractivity contribution in [3.05, 3.63) is 30.3 Å². The first-order chi connectivity index (χ1) is 13.6. The van der Waals surface area contributed by atoms with E-state index in [1.807, 2.05) is 0 Å². The Morgan fingerprint density at radius 1 is 1.03 bits per heavy atom. The van der Waals surface area contributed by atoms with E-state index in [0.29, 0.717) is 0 Å². The van der Waals surface area contributed by atoms with Crippen LogP contribution in [0.3, 0.4) is 0 Å². The van der Waals surface area contributed by atoms with Crippen molar-refractivity contribution in [3.63, 3.8) is 0 Å². The Kier molecular flexibility index (Phi) is 7.71. The molecule has 1 aromatic rings. The molecule has 2 rings (SSSR count). The SMILES string of the molecule is CC(=O)OC[C@H]1O[C@H](NS(=O)(=O)c2ccccc2)C[C@@H](OC(C)=O)[C@H]1OC(C)=O. The molecule has 1 aliphatic heterocycles. The van der Waals surface area contributed by atoms with Crippen LogP contribution >= 0.6 is 0 Å². The van der Waals surface area contributed by atoms with E-state index in [0.717, 1.165) is 6.92 Å². The average Bonchev–Trinajstić information content (AvgIpc) is 2.62. The van der Waals surface area contributed by atoms with Gasteiger partial charge in [0.25, 0.3) is 0 Å². The van der Waals surface area contributed by atoms with Gasteiger partial charge in [0.05, 0.1) is 4.90 Å². The van der Waals surface area contributed by atoms with Crippen molar-refractivity contribution in [2.24, 2.45) is 0 Å². The number of rotatable bonds is 7. The molecule has 10 nitrogen and oxygen atoms in total. The van der Waals surface area contributed by atoms with Gasteiger partial charge in [0.1, 0.15) is 25.0 Å². The molecule has 0 bridgehead atoms. The molecule has 4 atom stereocenters. The van der Waals surface area contributed by atoms with E-state index in [1.165, 1.54) is 26.0 Å². The molecule has 11 heteroatoms. The predicted octanol–water partition coefficient (Wildman–Crippen LogP) is 0.506. The maximum absolute atomic E-state index is 12.6. The minimum atomic E-state index is -3.94. The summed E-state index contributed by atoms with van der Waals surface area (Å²) in [5.74, 6) is -1.91. The molecular formula is C18H23NO9S. The molecule has 1 aliphatic rings. The number of ether oxygens (including phenoxy) is 4. The summed E-state index contributed by atoms with van der Waals surface area (Å²) < 4.78 is 48.6. The zero-order valence-corrected chi connectivity index (χ0v) is 17.0. The fourth-order valence-electron chi connectivity index (χ4n) is 2.85. The number of sulfonamides is 1. The predicted molar refractivity (Wildman–Crippen MR) is 97.8 cm³/mol. The van der Waals surface area contributed by atoms with Crippen molar-refractivity contribution in [1.29, 1.82) is 0 Å². The Morgan fingerprint density at radius 3 is 2.21 bits per heavy atom. The molecule has 0 amide bonds. The largest absolute Gasteiger partial charge is 0.463 e. The lowest BCUT2D eigenvalue weighted by Crippen LogP contribution is -2.57. The van der Waals surface area contributed by atoms with Gasteiger partial charge in [-0.2, -0.15) is 4.72 Å². The van der Waals surface area contributed by atoms with Crippen molar-refractivity contribution in [2.45, 2.75) is 56.6 Å². The first kappa shape index (κ1) is 22.8. The first-order valence-corrected chi connectivity index (χ1v) is 10.3. The van der Waals surface area contributed by atoms with Gasteiger partial charge in [-0.1, -0.05) is 18.2 Å². The van der Waals surface area contributed by atoms with Crippen LogP contribution in [0.5, 0.6) is 0 Å². The molecule has 1 N–H and O–H groups in total. The first-order valence-electron chi connectivity index (χ1n) is 8.79. The van der Waals surface area contributed by atoms with Gasteiger partial charge in [0, 0.05) is 27.2 Å². The average molecular weight is 429 g/mol. The molecule has 1 aromatic carbocycles. The van der Waals surface area contributed by atoms with Gasteiger partial charge in [-0.15, -0.1) is 0 Å². The summed E-state index contributed by atoms with van der Waals surface area (Å²) in [7, 11) is -3.94. The van der Waals surface area contributed by atoms with Gasteiger partial charge in [0.15, 0.2) is 6.10 Å². The number of hydrogen-bond donors (Lipinski definition) is 1. The van der Waals surface area contributed by atoms with Gasteiger partial charge in [-0.05, 0) is 12.1 Å². The molecule has 160 valence electrons. The summed E-state index contributed by atoms with van der Waals surface area (Å²) in [6.45, 7) is 3.19. The second kappa shape index (κ2) is 9.81. The Hall–Kier alpha value is -2.50. The van der Waals surface area contributed by atoms with Gasteiger partial charge in [0.2, 0.25) is 10.0 Å². The highest BCUT2D eigenvalue weighted by Crippen LogP contribution is 2.26. The fraction of sp³-hybridized carbons (Fsp3) is 0.500. The summed E-state index contributed by atoms with van der Waals surface area (Å²) >= 11 is 0. The Labute approximate surface area is 168 Å². The van der Waals surface area contributed by atoms with Crippen molar-refractivity contribution in [2.75, 3.05) is 6.61 Å². The number of carbonyl (C=O) groups excluding carboxylic acids is 3. The van der Waals surface area contributed by atoms with Crippen molar-refractivity contribution in [1.82, 2.24) is 4.72 Å². The maximum atomic E-state index is 12.6. The highest BCUT2D eigenvalue weighted by Gasteiger charge is 2.44. The standard InChI is InChI=1S/C18H23NO9S/c1-11(20)25-10-16-18(27-13(3)22)15(26-12(2)21)9-17(28-16)19-29(23,24)14-7-5-4-6-8-14/h4-8,15-19H,9-10H2,1-3H3/t15-,16-,17+,18-/m1/s1. The zero-order chi connectivity index (χ0) is 21.6. The molecule has 0 unspecified atom stereocenters. The maximum Gasteiger partial charge on any atom is 0.303 e. The van der Waals surface area contributed by atoms with E-state index in [2.05, 4.69) is 4.72 Å². The molecule has 0 aliphatic carbocycles. The van der Waals surface area contributed by atoms with Crippen LogP contribution in [-0.4, -0.2) is 57.5 Å². The lowest BCUT2D eigenvalue weighted by atomic mass is 10.0. The van der Waals surface area contributed by atoms with E-state index in [-0.39, 0.29) is 17.9 Å². The molecule has 1 fully saturated rings. The van der Waals surface area contributed by atoms with Gasteiger partial charge in [-0.25, -0.2) is 8.42 Å². The molecule has 0 saturated carbocycles. The third kappa shape index (κ3) is 6.80. The second-order valence-electron chi connectivity index (χ2n) is 6.36. The van der Waals surface area contributed by atoms with Crippen LogP contribution in [-0.2, 0) is 43.4 Å². The summed E-state index contributed by atoms with van der Waals surface area (Å²) in [6, 6.07) is 7.63. The Morgan fingerprint density at radius 2 is 1.66 bits per heavy atom. The molecule has 1 heterocycles. The highest BCUT2D eigenvalue weighted by molar-refractivity contribution is 7.89. The van der Waals surface area contributed by atoms with Gasteiger partial charge >= 0.3 is 17.9 Å². The van der Waals surface area contributed by atoms with Crippen LogP contribution < -0.4 is 4.72 Å². The van der Waals surface area contributed by atoms with Crippen molar-refractivity contribution >= 4 is 27.9 Å². The van der Waals surface area contributed by atoms with Crippen LogP contribution in [0.15, 0.2) is 35.2 Å². The van der Waals surface area contributed by atoms with E-state index in [4.69, 9.17) is 18.9 Å². The Bertz CT molecular complexity index is 840. The zero-order valence-electron chi connectivity index (χ0n) is 16.2. The molecule has 0 aromatic heterocycles. The van der Waals surface area contributed by atoms with E-state index in [1.54, 1.807) is 18.2 Å². The molecule has 0 spiro atoms. The number of benzene rings is 1. The highest BCUT2D eigenvalue weighted by atomic mass is 32.2. The summed E-state index contributed by atoms with van der Waals surface area (Å²) in [6.07, 6.45) is -4.36. The van der Waals surface area contributed by atoms with Crippen molar-refractivity contribution < 1.29 is 41.7 Å². The molecular weight excluding hydrogens is 406 g/mol.